The number of rotatable bonds is 13. The van der Waals surface area contributed by atoms with Crippen LogP contribution in [-0.4, -0.2) is 23.3 Å². The number of unbranched alkanes of at least 4 members (excludes halogenated alkanes) is 9. The summed E-state index contributed by atoms with van der Waals surface area (Å²) in [6.07, 6.45) is 12.9. The van der Waals surface area contributed by atoms with E-state index < -0.39 is 14.7 Å². The Labute approximate surface area is 123 Å². The van der Waals surface area contributed by atoms with Gasteiger partial charge in [0, 0.05) is 0 Å². The van der Waals surface area contributed by atoms with E-state index in [9.17, 15) is 8.42 Å². The predicted octanol–water partition coefficient (Wildman–Crippen LogP) is 4.87. The van der Waals surface area contributed by atoms with Gasteiger partial charge in [-0.2, -0.15) is 8.42 Å². The van der Waals surface area contributed by atoms with Gasteiger partial charge in [0.2, 0.25) is 0 Å². The third-order valence-corrected chi connectivity index (χ3v) is 6.24. The van der Waals surface area contributed by atoms with Crippen LogP contribution in [0.5, 0.6) is 0 Å². The van der Waals surface area contributed by atoms with Crippen LogP contribution < -0.4 is 0 Å². The molecule has 0 bridgehead atoms. The van der Waals surface area contributed by atoms with Crippen LogP contribution in [-0.2, 0) is 10.1 Å². The highest BCUT2D eigenvalue weighted by molar-refractivity contribution is 8.11. The largest absolute Gasteiger partial charge is 0.285 e. The molecule has 0 fully saturated rings. The first-order valence-electron chi connectivity index (χ1n) is 7.56. The van der Waals surface area contributed by atoms with Crippen molar-refractivity contribution >= 4 is 21.9 Å². The summed E-state index contributed by atoms with van der Waals surface area (Å²) >= 11 is 1.32. The van der Waals surface area contributed by atoms with Gasteiger partial charge >= 0.3 is 0 Å². The maximum absolute atomic E-state index is 10.8. The lowest BCUT2D eigenvalue weighted by Gasteiger charge is -2.07. The minimum atomic E-state index is -3.85. The number of thioether (sulfide) groups is 1. The fourth-order valence-corrected chi connectivity index (χ4v) is 3.60. The molecule has 0 spiro atoms. The summed E-state index contributed by atoms with van der Waals surface area (Å²) in [7, 11) is -3.85. The normalized spacial score (nSPS) is 13.6. The molecule has 0 aromatic rings. The summed E-state index contributed by atoms with van der Waals surface area (Å²) < 4.78 is 29.7. The predicted molar refractivity (Wildman–Crippen MR) is 85.3 cm³/mol. The monoisotopic (exact) mass is 310 g/mol. The van der Waals surface area contributed by atoms with Crippen LogP contribution in [0.25, 0.3) is 0 Å². The first-order valence-corrected chi connectivity index (χ1v) is 10.1. The Morgan fingerprint density at radius 1 is 0.895 bits per heavy atom. The van der Waals surface area contributed by atoms with E-state index in [1.807, 2.05) is 0 Å². The molecule has 0 aromatic carbocycles. The van der Waals surface area contributed by atoms with Crippen LogP contribution in [0, 0.1) is 0 Å². The molecule has 0 saturated heterocycles. The van der Waals surface area contributed by atoms with Crippen molar-refractivity contribution < 1.29 is 13.0 Å². The molecule has 1 atom stereocenters. The van der Waals surface area contributed by atoms with Crippen LogP contribution >= 0.6 is 11.8 Å². The molecule has 0 aliphatic heterocycles. The molecule has 0 rings (SSSR count). The van der Waals surface area contributed by atoms with Gasteiger partial charge in [-0.25, -0.2) is 0 Å². The zero-order valence-corrected chi connectivity index (χ0v) is 14.1. The standard InChI is InChI=1S/C14H30O3S2/c1-3-4-5-6-7-8-9-10-11-12-13-18-14(2)19(15,16)17/h14H,3-13H2,1-2H3,(H,15,16,17). The summed E-state index contributed by atoms with van der Waals surface area (Å²) in [5.74, 6) is 0.817. The highest BCUT2D eigenvalue weighted by Gasteiger charge is 2.16. The van der Waals surface area contributed by atoms with Crippen LogP contribution in [0.1, 0.15) is 78.1 Å². The average molecular weight is 311 g/mol. The molecule has 3 nitrogen and oxygen atoms in total. The van der Waals surface area contributed by atoms with Crippen LogP contribution in [0.3, 0.4) is 0 Å². The second-order valence-electron chi connectivity index (χ2n) is 5.14. The van der Waals surface area contributed by atoms with Gasteiger partial charge in [0.05, 0.1) is 0 Å². The van der Waals surface area contributed by atoms with Gasteiger partial charge < -0.3 is 0 Å². The Kier molecular flexibility index (Phi) is 12.2. The van der Waals surface area contributed by atoms with Gasteiger partial charge in [0.1, 0.15) is 4.58 Å². The summed E-state index contributed by atoms with van der Waals surface area (Å²) in [6, 6.07) is 0. The van der Waals surface area contributed by atoms with Crippen molar-refractivity contribution in [2.24, 2.45) is 0 Å². The maximum atomic E-state index is 10.8. The number of hydrogen-bond acceptors (Lipinski definition) is 3. The molecular weight excluding hydrogens is 280 g/mol. The van der Waals surface area contributed by atoms with E-state index in [0.29, 0.717) is 0 Å². The summed E-state index contributed by atoms with van der Waals surface area (Å²) in [5, 5.41) is 0. The molecule has 0 saturated carbocycles. The van der Waals surface area contributed by atoms with E-state index >= 15 is 0 Å². The Balaban J connectivity index is 3.19. The minimum absolute atomic E-state index is 0.689. The van der Waals surface area contributed by atoms with Crippen LogP contribution in [0.15, 0.2) is 0 Å². The van der Waals surface area contributed by atoms with E-state index in [1.165, 1.54) is 76.5 Å². The SMILES string of the molecule is CCCCCCCCCCCCSC(C)S(=O)(=O)O. The molecule has 0 amide bonds. The quantitative estimate of drug-likeness (QED) is 0.389. The molecule has 0 heterocycles. The van der Waals surface area contributed by atoms with Gasteiger partial charge in [-0.3, -0.25) is 4.55 Å². The maximum Gasteiger partial charge on any atom is 0.276 e. The first-order chi connectivity index (χ1) is 8.98. The summed E-state index contributed by atoms with van der Waals surface area (Å²) in [4.78, 5) is 0. The van der Waals surface area contributed by atoms with E-state index in [2.05, 4.69) is 6.92 Å². The molecule has 0 aliphatic carbocycles. The van der Waals surface area contributed by atoms with Gasteiger partial charge in [0.25, 0.3) is 10.1 Å². The molecule has 0 aromatic heterocycles. The molecule has 1 N–H and O–H groups in total. The van der Waals surface area contributed by atoms with Crippen molar-refractivity contribution in [2.45, 2.75) is 82.6 Å². The lowest BCUT2D eigenvalue weighted by atomic mass is 10.1. The zero-order valence-electron chi connectivity index (χ0n) is 12.4. The third kappa shape index (κ3) is 13.0. The van der Waals surface area contributed by atoms with Crippen molar-refractivity contribution in [3.8, 4) is 0 Å². The molecule has 5 heteroatoms. The first kappa shape index (κ1) is 19.3. The molecule has 0 radical (unpaired) electrons. The Morgan fingerprint density at radius 2 is 1.32 bits per heavy atom. The smallest absolute Gasteiger partial charge is 0.276 e. The summed E-state index contributed by atoms with van der Waals surface area (Å²) in [5.41, 5.74) is 0. The molecule has 19 heavy (non-hydrogen) atoms. The molecule has 116 valence electrons. The zero-order chi connectivity index (χ0) is 14.6. The van der Waals surface area contributed by atoms with Crippen LogP contribution in [0.2, 0.25) is 0 Å². The lowest BCUT2D eigenvalue weighted by Crippen LogP contribution is -2.12. The van der Waals surface area contributed by atoms with E-state index in [1.54, 1.807) is 0 Å². The highest BCUT2D eigenvalue weighted by atomic mass is 32.3. The van der Waals surface area contributed by atoms with Crippen molar-refractivity contribution in [3.05, 3.63) is 0 Å². The molecular formula is C14H30O3S2. The van der Waals surface area contributed by atoms with Gasteiger partial charge in [-0.05, 0) is 19.1 Å². The average Bonchev–Trinajstić information content (AvgIpc) is 2.34. The number of hydrogen-bond donors (Lipinski definition) is 1. The fraction of sp³-hybridized carbons (Fsp3) is 1.00. The van der Waals surface area contributed by atoms with Gasteiger partial charge in [-0.15, -0.1) is 11.8 Å². The Morgan fingerprint density at radius 3 is 1.74 bits per heavy atom. The van der Waals surface area contributed by atoms with E-state index in [0.717, 1.165) is 12.2 Å². The molecule has 0 aliphatic rings. The van der Waals surface area contributed by atoms with Crippen molar-refractivity contribution in [2.75, 3.05) is 5.75 Å². The minimum Gasteiger partial charge on any atom is -0.285 e. The highest BCUT2D eigenvalue weighted by Crippen LogP contribution is 2.18. The van der Waals surface area contributed by atoms with Crippen molar-refractivity contribution in [1.29, 1.82) is 0 Å². The topological polar surface area (TPSA) is 54.4 Å². The fourth-order valence-electron chi connectivity index (χ4n) is 1.92. The lowest BCUT2D eigenvalue weighted by molar-refractivity contribution is 0.482. The van der Waals surface area contributed by atoms with Crippen molar-refractivity contribution in [1.82, 2.24) is 0 Å². The second kappa shape index (κ2) is 12.0. The van der Waals surface area contributed by atoms with E-state index in [4.69, 9.17) is 4.55 Å². The Bertz CT molecular complexity index is 289. The van der Waals surface area contributed by atoms with Crippen molar-refractivity contribution in [3.63, 3.8) is 0 Å². The third-order valence-electron chi connectivity index (χ3n) is 3.27. The molecule has 1 unspecified atom stereocenters. The summed E-state index contributed by atoms with van der Waals surface area (Å²) in [6.45, 7) is 3.78. The van der Waals surface area contributed by atoms with Gasteiger partial charge in [-0.1, -0.05) is 64.7 Å². The van der Waals surface area contributed by atoms with Crippen LogP contribution in [0.4, 0.5) is 0 Å². The second-order valence-corrected chi connectivity index (χ2v) is 8.62. The van der Waals surface area contributed by atoms with E-state index in [-0.39, 0.29) is 0 Å². The Hall–Kier alpha value is 0.260. The van der Waals surface area contributed by atoms with Gasteiger partial charge in [0.15, 0.2) is 0 Å².